The van der Waals surface area contributed by atoms with Crippen LogP contribution in [0.2, 0.25) is 0 Å². The van der Waals surface area contributed by atoms with Gasteiger partial charge in [-0.15, -0.1) is 0 Å². The van der Waals surface area contributed by atoms with E-state index in [2.05, 4.69) is 10.3 Å². The van der Waals surface area contributed by atoms with Gasteiger partial charge in [-0.1, -0.05) is 39.0 Å². The van der Waals surface area contributed by atoms with Crippen LogP contribution in [0.5, 0.6) is 0 Å². The molecule has 6 nitrogen and oxygen atoms in total. The summed E-state index contributed by atoms with van der Waals surface area (Å²) >= 11 is 0. The number of fused-ring (bicyclic) bond motifs is 2. The highest BCUT2D eigenvalue weighted by Crippen LogP contribution is 2.29. The molecule has 0 saturated heterocycles. The number of nitrogens with zero attached hydrogens (tertiary/aromatic N) is 1. The first-order valence-corrected chi connectivity index (χ1v) is 9.08. The number of oxazole rings is 1. The van der Waals surface area contributed by atoms with Crippen molar-refractivity contribution in [3.8, 4) is 0 Å². The Morgan fingerprint density at radius 2 is 1.89 bits per heavy atom. The first-order chi connectivity index (χ1) is 13.4. The second kappa shape index (κ2) is 6.80. The van der Waals surface area contributed by atoms with Gasteiger partial charge in [0.1, 0.15) is 11.1 Å². The molecule has 0 bridgehead atoms. The fourth-order valence-corrected chi connectivity index (χ4v) is 3.08. The summed E-state index contributed by atoms with van der Waals surface area (Å²) in [6.45, 7) is 6.41. The summed E-state index contributed by atoms with van der Waals surface area (Å²) in [6.07, 6.45) is 0. The molecular formula is C22H22N2O4. The van der Waals surface area contributed by atoms with E-state index >= 15 is 0 Å². The number of carbonyl (C=O) groups excluding carboxylic acids is 1. The summed E-state index contributed by atoms with van der Waals surface area (Å²) in [6, 6.07) is 12.9. The van der Waals surface area contributed by atoms with Crippen molar-refractivity contribution in [2.75, 3.05) is 12.4 Å². The highest BCUT2D eigenvalue weighted by molar-refractivity contribution is 6.07. The molecule has 6 heteroatoms. The van der Waals surface area contributed by atoms with E-state index in [9.17, 15) is 4.79 Å². The van der Waals surface area contributed by atoms with Gasteiger partial charge in [0.15, 0.2) is 11.3 Å². The van der Waals surface area contributed by atoms with Crippen molar-refractivity contribution < 1.29 is 18.4 Å². The Kier molecular flexibility index (Phi) is 4.43. The molecule has 2 aromatic heterocycles. The second-order valence-corrected chi connectivity index (χ2v) is 7.74. The molecule has 0 aliphatic carbocycles. The van der Waals surface area contributed by atoms with Crippen molar-refractivity contribution in [3.05, 3.63) is 59.7 Å². The second-order valence-electron chi connectivity index (χ2n) is 7.74. The molecule has 0 aliphatic heterocycles. The van der Waals surface area contributed by atoms with Gasteiger partial charge in [0, 0.05) is 29.2 Å². The number of aromatic nitrogens is 1. The van der Waals surface area contributed by atoms with Crippen molar-refractivity contribution in [1.29, 1.82) is 0 Å². The van der Waals surface area contributed by atoms with Crippen molar-refractivity contribution >= 4 is 33.7 Å². The maximum absolute atomic E-state index is 12.9. The third-order valence-corrected chi connectivity index (χ3v) is 4.48. The van der Waals surface area contributed by atoms with Crippen LogP contribution in [0.1, 0.15) is 42.8 Å². The minimum Gasteiger partial charge on any atom is -0.451 e. The number of para-hydroxylation sites is 1. The van der Waals surface area contributed by atoms with Crippen molar-refractivity contribution in [2.24, 2.45) is 0 Å². The lowest BCUT2D eigenvalue weighted by molar-refractivity contribution is 0.0992. The summed E-state index contributed by atoms with van der Waals surface area (Å²) in [5.41, 5.74) is 3.20. The number of hydrogen-bond donors (Lipinski definition) is 1. The Morgan fingerprint density at radius 1 is 1.11 bits per heavy atom. The molecular weight excluding hydrogens is 356 g/mol. The van der Waals surface area contributed by atoms with Crippen molar-refractivity contribution in [2.45, 2.75) is 32.8 Å². The summed E-state index contributed by atoms with van der Waals surface area (Å²) < 4.78 is 16.9. The molecule has 2 aromatic carbocycles. The lowest BCUT2D eigenvalue weighted by Crippen LogP contribution is -2.13. The zero-order chi connectivity index (χ0) is 19.9. The van der Waals surface area contributed by atoms with Crippen LogP contribution < -0.4 is 5.32 Å². The zero-order valence-electron chi connectivity index (χ0n) is 16.3. The lowest BCUT2D eigenvalue weighted by atomic mass is 9.97. The van der Waals surface area contributed by atoms with Gasteiger partial charge in [-0.05, 0) is 24.3 Å². The quantitative estimate of drug-likeness (QED) is 0.523. The van der Waals surface area contributed by atoms with E-state index in [4.69, 9.17) is 13.6 Å². The molecule has 4 aromatic rings. The highest BCUT2D eigenvalue weighted by Gasteiger charge is 2.22. The standard InChI is InChI=1S/C22H22N2O4/c1-22(2,3)21-24-16-11-13(9-10-18(16)28-21)23-20(25)19-15(12-26-4)14-7-5-6-8-17(14)27-19/h5-11H,12H2,1-4H3,(H,23,25). The summed E-state index contributed by atoms with van der Waals surface area (Å²) in [5, 5.41) is 3.76. The molecule has 0 spiro atoms. The van der Waals surface area contributed by atoms with Crippen molar-refractivity contribution in [3.63, 3.8) is 0 Å². The third-order valence-electron chi connectivity index (χ3n) is 4.48. The van der Waals surface area contributed by atoms with Gasteiger partial charge in [-0.25, -0.2) is 4.98 Å². The van der Waals surface area contributed by atoms with Gasteiger partial charge in [0.05, 0.1) is 6.61 Å². The Labute approximate surface area is 162 Å². The fraction of sp³-hybridized carbons (Fsp3) is 0.273. The Balaban J connectivity index is 1.67. The number of anilines is 1. The van der Waals surface area contributed by atoms with E-state index < -0.39 is 0 Å². The van der Waals surface area contributed by atoms with Gasteiger partial charge in [-0.3, -0.25) is 4.79 Å². The van der Waals surface area contributed by atoms with Crippen LogP contribution in [0.15, 0.2) is 51.3 Å². The number of rotatable bonds is 4. The van der Waals surface area contributed by atoms with Crippen LogP contribution >= 0.6 is 0 Å². The van der Waals surface area contributed by atoms with Crippen LogP contribution in [0.4, 0.5) is 5.69 Å². The maximum Gasteiger partial charge on any atom is 0.291 e. The van der Waals surface area contributed by atoms with E-state index in [0.29, 0.717) is 28.3 Å². The Bertz CT molecular complexity index is 1160. The molecule has 0 unspecified atom stereocenters. The Morgan fingerprint density at radius 3 is 2.64 bits per heavy atom. The van der Waals surface area contributed by atoms with E-state index in [0.717, 1.165) is 10.9 Å². The normalized spacial score (nSPS) is 12.0. The molecule has 0 atom stereocenters. The monoisotopic (exact) mass is 378 g/mol. The number of carbonyl (C=O) groups is 1. The van der Waals surface area contributed by atoms with Crippen LogP contribution in [0, 0.1) is 0 Å². The third kappa shape index (κ3) is 3.27. The SMILES string of the molecule is COCc1c(C(=O)Nc2ccc3oc(C(C)(C)C)nc3c2)oc2ccccc12. The number of nitrogens with one attached hydrogen (secondary N) is 1. The summed E-state index contributed by atoms with van der Waals surface area (Å²) in [5.74, 6) is 0.575. The number of hydrogen-bond acceptors (Lipinski definition) is 5. The fourth-order valence-electron chi connectivity index (χ4n) is 3.08. The number of furan rings is 1. The molecule has 144 valence electrons. The lowest BCUT2D eigenvalue weighted by Gasteiger charge is -2.11. The van der Waals surface area contributed by atoms with Gasteiger partial charge in [0.2, 0.25) is 5.89 Å². The number of benzene rings is 2. The topological polar surface area (TPSA) is 77.5 Å². The predicted octanol–water partition coefficient (Wildman–Crippen LogP) is 5.27. The minimum absolute atomic E-state index is 0.189. The maximum atomic E-state index is 12.9. The number of methoxy groups -OCH3 is 1. The summed E-state index contributed by atoms with van der Waals surface area (Å²) in [7, 11) is 1.59. The number of amides is 1. The number of ether oxygens (including phenoxy) is 1. The first-order valence-electron chi connectivity index (χ1n) is 9.08. The molecule has 0 saturated carbocycles. The van der Waals surface area contributed by atoms with Gasteiger partial charge >= 0.3 is 0 Å². The molecule has 0 aliphatic rings. The molecule has 28 heavy (non-hydrogen) atoms. The molecule has 2 heterocycles. The molecule has 0 radical (unpaired) electrons. The van der Waals surface area contributed by atoms with Crippen LogP contribution in [-0.2, 0) is 16.8 Å². The van der Waals surface area contributed by atoms with Crippen LogP contribution in [0.3, 0.4) is 0 Å². The van der Waals surface area contributed by atoms with Crippen LogP contribution in [0.25, 0.3) is 22.1 Å². The zero-order valence-corrected chi connectivity index (χ0v) is 16.3. The van der Waals surface area contributed by atoms with E-state index in [-0.39, 0.29) is 23.7 Å². The average molecular weight is 378 g/mol. The average Bonchev–Trinajstić information content (AvgIpc) is 3.23. The van der Waals surface area contributed by atoms with Crippen LogP contribution in [-0.4, -0.2) is 18.0 Å². The smallest absolute Gasteiger partial charge is 0.291 e. The van der Waals surface area contributed by atoms with Gasteiger partial charge in [-0.2, -0.15) is 0 Å². The Hall–Kier alpha value is -3.12. The van der Waals surface area contributed by atoms with E-state index in [1.54, 1.807) is 19.2 Å². The highest BCUT2D eigenvalue weighted by atomic mass is 16.5. The van der Waals surface area contributed by atoms with Gasteiger partial charge in [0.25, 0.3) is 5.91 Å². The molecule has 0 fully saturated rings. The minimum atomic E-state index is -0.331. The van der Waals surface area contributed by atoms with Crippen molar-refractivity contribution in [1.82, 2.24) is 4.98 Å². The largest absolute Gasteiger partial charge is 0.451 e. The summed E-state index contributed by atoms with van der Waals surface area (Å²) in [4.78, 5) is 17.4. The first kappa shape index (κ1) is 18.3. The van der Waals surface area contributed by atoms with E-state index in [1.807, 2.05) is 51.1 Å². The predicted molar refractivity (Wildman–Crippen MR) is 108 cm³/mol. The van der Waals surface area contributed by atoms with Gasteiger partial charge < -0.3 is 18.9 Å². The molecule has 4 rings (SSSR count). The van der Waals surface area contributed by atoms with E-state index in [1.165, 1.54) is 0 Å². The molecule has 1 amide bonds. The molecule has 1 N–H and O–H groups in total.